The van der Waals surface area contributed by atoms with E-state index in [9.17, 15) is 4.79 Å². The van der Waals surface area contributed by atoms with E-state index in [-0.39, 0.29) is 6.10 Å². The van der Waals surface area contributed by atoms with Crippen LogP contribution in [0.25, 0.3) is 11.3 Å². The number of rotatable bonds is 3. The van der Waals surface area contributed by atoms with Gasteiger partial charge in [-0.15, -0.1) is 0 Å². The molecular weight excluding hydrogens is 266 g/mol. The predicted molar refractivity (Wildman–Crippen MR) is 79.8 cm³/mol. The van der Waals surface area contributed by atoms with Crippen LogP contribution in [0, 0.1) is 0 Å². The summed E-state index contributed by atoms with van der Waals surface area (Å²) in [7, 11) is 0. The maximum atomic E-state index is 11.3. The quantitative estimate of drug-likeness (QED) is 0.895. The molecule has 5 heteroatoms. The summed E-state index contributed by atoms with van der Waals surface area (Å²) in [6, 6.07) is 13.0. The molecule has 1 aliphatic rings. The molecule has 21 heavy (non-hydrogen) atoms. The number of nitrogens with one attached hydrogen (secondary N) is 1. The van der Waals surface area contributed by atoms with Crippen molar-refractivity contribution in [2.45, 2.75) is 6.10 Å². The van der Waals surface area contributed by atoms with Gasteiger partial charge >= 0.3 is 0 Å². The first-order valence-electron chi connectivity index (χ1n) is 6.93. The van der Waals surface area contributed by atoms with E-state index in [4.69, 9.17) is 10.5 Å². The number of hydrogen-bond acceptors (Lipinski definition) is 4. The Morgan fingerprint density at radius 2 is 2.14 bits per heavy atom. The third-order valence-corrected chi connectivity index (χ3v) is 3.47. The molecule has 5 nitrogen and oxygen atoms in total. The molecule has 0 radical (unpaired) electrons. The maximum absolute atomic E-state index is 11.3. The lowest BCUT2D eigenvalue weighted by Crippen LogP contribution is -2.33. The highest BCUT2D eigenvalue weighted by Gasteiger charge is 2.17. The molecule has 1 atom stereocenters. The second-order valence-corrected chi connectivity index (χ2v) is 4.96. The second kappa shape index (κ2) is 6.03. The molecule has 1 saturated heterocycles. The molecule has 1 aromatic carbocycles. The molecular formula is C16H17N3O2. The molecule has 2 aromatic rings. The maximum Gasteiger partial charge on any atom is 0.248 e. The number of nitrogens with two attached hydrogens (primary N) is 1. The van der Waals surface area contributed by atoms with Crippen LogP contribution >= 0.6 is 0 Å². The average Bonchev–Trinajstić information content (AvgIpc) is 2.56. The fraction of sp³-hybridized carbons (Fsp3) is 0.250. The van der Waals surface area contributed by atoms with Crippen molar-refractivity contribution >= 4 is 5.91 Å². The zero-order valence-corrected chi connectivity index (χ0v) is 11.6. The molecule has 0 aliphatic carbocycles. The lowest BCUT2D eigenvalue weighted by molar-refractivity contribution is 0.0251. The van der Waals surface area contributed by atoms with Crippen molar-refractivity contribution in [3.8, 4) is 11.3 Å². The Labute approximate surface area is 123 Å². The van der Waals surface area contributed by atoms with Gasteiger partial charge in [-0.3, -0.25) is 9.78 Å². The Balaban J connectivity index is 1.92. The minimum absolute atomic E-state index is 0.0296. The van der Waals surface area contributed by atoms with E-state index in [1.165, 1.54) is 0 Å². The summed E-state index contributed by atoms with van der Waals surface area (Å²) in [5.41, 5.74) is 8.38. The number of benzene rings is 1. The van der Waals surface area contributed by atoms with Crippen LogP contribution in [0.2, 0.25) is 0 Å². The first-order chi connectivity index (χ1) is 10.2. The number of pyridine rings is 1. The summed E-state index contributed by atoms with van der Waals surface area (Å²) in [6.07, 6.45) is -0.0296. The third-order valence-electron chi connectivity index (χ3n) is 3.47. The summed E-state index contributed by atoms with van der Waals surface area (Å²) in [5, 5.41) is 3.29. The highest BCUT2D eigenvalue weighted by molar-refractivity contribution is 5.93. The average molecular weight is 283 g/mol. The zero-order chi connectivity index (χ0) is 14.7. The van der Waals surface area contributed by atoms with Crippen LogP contribution in [0.3, 0.4) is 0 Å². The topological polar surface area (TPSA) is 77.2 Å². The lowest BCUT2D eigenvalue weighted by atomic mass is 10.1. The van der Waals surface area contributed by atoms with Gasteiger partial charge in [0.05, 0.1) is 18.0 Å². The van der Waals surface area contributed by atoms with Crippen LogP contribution in [0.15, 0.2) is 42.5 Å². The minimum atomic E-state index is -0.437. The Hall–Kier alpha value is -2.24. The van der Waals surface area contributed by atoms with Crippen molar-refractivity contribution in [3.05, 3.63) is 53.7 Å². The highest BCUT2D eigenvalue weighted by atomic mass is 16.5. The van der Waals surface area contributed by atoms with Gasteiger partial charge in [0.15, 0.2) is 0 Å². The van der Waals surface area contributed by atoms with Crippen molar-refractivity contribution in [3.63, 3.8) is 0 Å². The minimum Gasteiger partial charge on any atom is -0.369 e. The number of primary amides is 1. The van der Waals surface area contributed by atoms with Gasteiger partial charge in [0.25, 0.3) is 0 Å². The van der Waals surface area contributed by atoms with E-state index < -0.39 is 5.91 Å². The monoisotopic (exact) mass is 283 g/mol. The largest absolute Gasteiger partial charge is 0.369 e. The normalized spacial score (nSPS) is 18.4. The van der Waals surface area contributed by atoms with E-state index in [0.717, 1.165) is 30.0 Å². The number of carbonyl (C=O) groups is 1. The third kappa shape index (κ3) is 3.09. The first-order valence-corrected chi connectivity index (χ1v) is 6.93. The fourth-order valence-corrected chi connectivity index (χ4v) is 2.38. The van der Waals surface area contributed by atoms with Gasteiger partial charge in [-0.25, -0.2) is 0 Å². The summed E-state index contributed by atoms with van der Waals surface area (Å²) in [4.78, 5) is 15.9. The van der Waals surface area contributed by atoms with E-state index in [1.807, 2.05) is 30.3 Å². The second-order valence-electron chi connectivity index (χ2n) is 4.96. The molecule has 3 N–H and O–H groups in total. The van der Waals surface area contributed by atoms with Gasteiger partial charge < -0.3 is 15.8 Å². The number of hydrogen-bond donors (Lipinski definition) is 2. The summed E-state index contributed by atoms with van der Waals surface area (Å²) >= 11 is 0. The van der Waals surface area contributed by atoms with Gasteiger partial charge in [-0.2, -0.15) is 0 Å². The van der Waals surface area contributed by atoms with Crippen molar-refractivity contribution in [1.82, 2.24) is 10.3 Å². The molecule has 108 valence electrons. The SMILES string of the molecule is NC(=O)c1cccc(-c2cccc([C@@H]3CNCCO3)n2)c1. The van der Waals surface area contributed by atoms with Crippen LogP contribution in [0.4, 0.5) is 0 Å². The van der Waals surface area contributed by atoms with Crippen LogP contribution in [-0.4, -0.2) is 30.6 Å². The molecule has 2 heterocycles. The molecule has 0 spiro atoms. The van der Waals surface area contributed by atoms with Crippen molar-refractivity contribution in [1.29, 1.82) is 0 Å². The Morgan fingerprint density at radius 1 is 1.29 bits per heavy atom. The van der Waals surface area contributed by atoms with Gasteiger partial charge in [0, 0.05) is 24.2 Å². The van der Waals surface area contributed by atoms with Gasteiger partial charge in [0.1, 0.15) is 6.10 Å². The molecule has 0 saturated carbocycles. The molecule has 1 fully saturated rings. The number of carbonyl (C=O) groups excluding carboxylic acids is 1. The Morgan fingerprint density at radius 3 is 2.90 bits per heavy atom. The number of aromatic nitrogens is 1. The zero-order valence-electron chi connectivity index (χ0n) is 11.6. The van der Waals surface area contributed by atoms with Crippen molar-refractivity contribution < 1.29 is 9.53 Å². The Bertz CT molecular complexity index is 651. The summed E-state index contributed by atoms with van der Waals surface area (Å²) in [5.74, 6) is -0.437. The summed E-state index contributed by atoms with van der Waals surface area (Å²) in [6.45, 7) is 2.32. The molecule has 1 amide bonds. The van der Waals surface area contributed by atoms with Crippen LogP contribution in [0.5, 0.6) is 0 Å². The molecule has 1 aromatic heterocycles. The molecule has 3 rings (SSSR count). The standard InChI is InChI=1S/C16H17N3O2/c17-16(20)12-4-1-3-11(9-12)13-5-2-6-14(19-13)15-10-18-7-8-21-15/h1-6,9,15,18H,7-8,10H2,(H2,17,20)/t15-/m0/s1. The predicted octanol–water partition coefficient (Wildman–Crippen LogP) is 1.51. The Kier molecular flexibility index (Phi) is 3.94. The van der Waals surface area contributed by atoms with E-state index >= 15 is 0 Å². The highest BCUT2D eigenvalue weighted by Crippen LogP contribution is 2.22. The van der Waals surface area contributed by atoms with Gasteiger partial charge in [-0.1, -0.05) is 18.2 Å². The summed E-state index contributed by atoms with van der Waals surface area (Å²) < 4.78 is 5.72. The smallest absolute Gasteiger partial charge is 0.248 e. The number of amides is 1. The van der Waals surface area contributed by atoms with Gasteiger partial charge in [-0.05, 0) is 24.3 Å². The van der Waals surface area contributed by atoms with E-state index in [2.05, 4.69) is 10.3 Å². The molecule has 0 unspecified atom stereocenters. The van der Waals surface area contributed by atoms with E-state index in [1.54, 1.807) is 12.1 Å². The number of morpholine rings is 1. The van der Waals surface area contributed by atoms with Crippen LogP contribution in [-0.2, 0) is 4.74 Å². The van der Waals surface area contributed by atoms with Crippen LogP contribution < -0.4 is 11.1 Å². The fourth-order valence-electron chi connectivity index (χ4n) is 2.38. The molecule has 1 aliphatic heterocycles. The molecule has 0 bridgehead atoms. The number of ether oxygens (including phenoxy) is 1. The number of nitrogens with zero attached hydrogens (tertiary/aromatic N) is 1. The van der Waals surface area contributed by atoms with Crippen LogP contribution in [0.1, 0.15) is 22.2 Å². The van der Waals surface area contributed by atoms with Crippen molar-refractivity contribution in [2.75, 3.05) is 19.7 Å². The van der Waals surface area contributed by atoms with E-state index in [0.29, 0.717) is 12.2 Å². The lowest BCUT2D eigenvalue weighted by Gasteiger charge is -2.23. The van der Waals surface area contributed by atoms with Crippen molar-refractivity contribution in [2.24, 2.45) is 5.73 Å². The first kappa shape index (κ1) is 13.7. The van der Waals surface area contributed by atoms with Gasteiger partial charge in [0.2, 0.25) is 5.91 Å².